The molecule has 0 saturated carbocycles. The van der Waals surface area contributed by atoms with Gasteiger partial charge >= 0.3 is 11.9 Å². The molecule has 2 unspecified atom stereocenters. The predicted octanol–water partition coefficient (Wildman–Crippen LogP) is 9.24. The Hall–Kier alpha value is -5.10. The van der Waals surface area contributed by atoms with E-state index in [1.807, 2.05) is 26.0 Å². The molecule has 6 aromatic rings. The van der Waals surface area contributed by atoms with Gasteiger partial charge in [-0.1, -0.05) is 96.1 Å². The van der Waals surface area contributed by atoms with Crippen molar-refractivity contribution >= 4 is 55.0 Å². The summed E-state index contributed by atoms with van der Waals surface area (Å²) < 4.78 is 23.7. The van der Waals surface area contributed by atoms with Gasteiger partial charge in [-0.15, -0.1) is 0 Å². The van der Waals surface area contributed by atoms with Crippen molar-refractivity contribution in [1.29, 1.82) is 0 Å². The Morgan fingerprint density at radius 3 is 1.24 bits per heavy atom. The largest absolute Gasteiger partial charge is 0.488 e. The fourth-order valence-electron chi connectivity index (χ4n) is 6.39. The van der Waals surface area contributed by atoms with E-state index in [0.29, 0.717) is 0 Å². The second-order valence-corrected chi connectivity index (χ2v) is 12.1. The molecule has 0 N–H and O–H groups in total. The number of ether oxygens (including phenoxy) is 4. The third-order valence-electron chi connectivity index (χ3n) is 8.17. The van der Waals surface area contributed by atoms with Gasteiger partial charge in [-0.3, -0.25) is 9.59 Å². The molecule has 0 bridgehead atoms. The Labute approximate surface area is 268 Å². The van der Waals surface area contributed by atoms with Crippen LogP contribution in [-0.4, -0.2) is 37.4 Å². The van der Waals surface area contributed by atoms with Crippen molar-refractivity contribution in [3.8, 4) is 22.6 Å². The zero-order chi connectivity index (χ0) is 32.5. The third kappa shape index (κ3) is 5.95. The maximum atomic E-state index is 11.6. The van der Waals surface area contributed by atoms with Crippen LogP contribution in [0.1, 0.15) is 38.8 Å². The fraction of sp³-hybridized carbons (Fsp3) is 0.250. The zero-order valence-corrected chi connectivity index (χ0v) is 27.1. The van der Waals surface area contributed by atoms with Crippen LogP contribution in [0.4, 0.5) is 0 Å². The Kier molecular flexibility index (Phi) is 8.55. The number of carbonyl (C=O) groups is 2. The summed E-state index contributed by atoms with van der Waals surface area (Å²) >= 11 is 0. The number of esters is 2. The maximum Gasteiger partial charge on any atom is 0.303 e. The third-order valence-corrected chi connectivity index (χ3v) is 8.17. The Morgan fingerprint density at radius 2 is 0.870 bits per heavy atom. The summed E-state index contributed by atoms with van der Waals surface area (Å²) in [7, 11) is 0. The highest BCUT2D eigenvalue weighted by atomic mass is 16.6. The number of aryl methyl sites for hydroxylation is 2. The molecule has 0 aliphatic rings. The standard InChI is InChI=1S/C40H38O6/c1-23-15-17-33-35(19-23)37(29-11-7-9-13-31(29)39(33)43-21-25(3)45-27(5)41)38-30-12-8-10-14-32(30)40(44-22-26(4)46-28(6)42)34-18-16-24(2)20-36(34)38/h7-20,25-26H,21-22H2,1-6H3. The predicted molar refractivity (Wildman–Crippen MR) is 185 cm³/mol. The van der Waals surface area contributed by atoms with Crippen LogP contribution < -0.4 is 9.47 Å². The second kappa shape index (κ2) is 12.7. The molecule has 0 heterocycles. The monoisotopic (exact) mass is 614 g/mol. The first-order chi connectivity index (χ1) is 22.1. The average Bonchev–Trinajstić information content (AvgIpc) is 3.01. The molecule has 0 saturated heterocycles. The van der Waals surface area contributed by atoms with Crippen LogP contribution >= 0.6 is 0 Å². The molecule has 0 aliphatic heterocycles. The highest BCUT2D eigenvalue weighted by molar-refractivity contribution is 6.26. The van der Waals surface area contributed by atoms with Crippen molar-refractivity contribution < 1.29 is 28.5 Å². The van der Waals surface area contributed by atoms with Crippen LogP contribution in [-0.2, 0) is 19.1 Å². The minimum atomic E-state index is -0.400. The zero-order valence-electron chi connectivity index (χ0n) is 27.1. The minimum absolute atomic E-state index is 0.231. The number of fused-ring (bicyclic) bond motifs is 4. The van der Waals surface area contributed by atoms with Gasteiger partial charge in [0.2, 0.25) is 0 Å². The van der Waals surface area contributed by atoms with E-state index in [-0.39, 0.29) is 25.2 Å². The highest BCUT2D eigenvalue weighted by Crippen LogP contribution is 2.50. The number of benzene rings is 6. The summed E-state index contributed by atoms with van der Waals surface area (Å²) in [6.07, 6.45) is -0.799. The first-order valence-corrected chi connectivity index (χ1v) is 15.6. The van der Waals surface area contributed by atoms with Crippen LogP contribution in [0.25, 0.3) is 54.2 Å². The molecule has 0 fully saturated rings. The lowest BCUT2D eigenvalue weighted by Gasteiger charge is -2.23. The van der Waals surface area contributed by atoms with Crippen LogP contribution in [0.15, 0.2) is 84.9 Å². The summed E-state index contributed by atoms with van der Waals surface area (Å²) in [5.41, 5.74) is 4.49. The first kappa shape index (κ1) is 30.9. The Balaban J connectivity index is 1.67. The minimum Gasteiger partial charge on any atom is -0.488 e. The van der Waals surface area contributed by atoms with Crippen molar-refractivity contribution in [2.24, 2.45) is 0 Å². The van der Waals surface area contributed by atoms with E-state index in [4.69, 9.17) is 18.9 Å². The summed E-state index contributed by atoms with van der Waals surface area (Å²) in [6.45, 7) is 11.2. The van der Waals surface area contributed by atoms with Crippen molar-refractivity contribution in [2.75, 3.05) is 13.2 Å². The number of hydrogen-bond donors (Lipinski definition) is 0. The second-order valence-electron chi connectivity index (χ2n) is 12.1. The van der Waals surface area contributed by atoms with Gasteiger partial charge in [0.05, 0.1) is 0 Å². The summed E-state index contributed by atoms with van der Waals surface area (Å²) in [4.78, 5) is 23.2. The van der Waals surface area contributed by atoms with Gasteiger partial charge in [0.25, 0.3) is 0 Å². The van der Waals surface area contributed by atoms with Gasteiger partial charge in [0.15, 0.2) is 0 Å². The molecule has 234 valence electrons. The van der Waals surface area contributed by atoms with Gasteiger partial charge in [0, 0.05) is 35.4 Å². The topological polar surface area (TPSA) is 71.1 Å². The van der Waals surface area contributed by atoms with Crippen LogP contribution in [0.2, 0.25) is 0 Å². The molecular weight excluding hydrogens is 576 g/mol. The smallest absolute Gasteiger partial charge is 0.303 e. The van der Waals surface area contributed by atoms with Crippen LogP contribution in [0.3, 0.4) is 0 Å². The van der Waals surface area contributed by atoms with Crippen LogP contribution in [0.5, 0.6) is 11.5 Å². The van der Waals surface area contributed by atoms with Crippen LogP contribution in [0, 0.1) is 13.8 Å². The summed E-state index contributed by atoms with van der Waals surface area (Å²) in [5, 5.41) is 8.16. The van der Waals surface area contributed by atoms with E-state index >= 15 is 0 Å². The van der Waals surface area contributed by atoms with E-state index in [1.54, 1.807) is 0 Å². The molecule has 6 nitrogen and oxygen atoms in total. The van der Waals surface area contributed by atoms with Crippen molar-refractivity contribution in [1.82, 2.24) is 0 Å². The number of rotatable bonds is 9. The van der Waals surface area contributed by atoms with Gasteiger partial charge in [0.1, 0.15) is 36.9 Å². The molecule has 6 aromatic carbocycles. The van der Waals surface area contributed by atoms with Gasteiger partial charge in [-0.25, -0.2) is 0 Å². The van der Waals surface area contributed by atoms with Crippen molar-refractivity contribution in [3.05, 3.63) is 96.1 Å². The van der Waals surface area contributed by atoms with Crippen molar-refractivity contribution in [3.63, 3.8) is 0 Å². The van der Waals surface area contributed by atoms with E-state index in [1.165, 1.54) is 13.8 Å². The lowest BCUT2D eigenvalue weighted by Crippen LogP contribution is -2.20. The Morgan fingerprint density at radius 1 is 0.522 bits per heavy atom. The molecule has 0 aliphatic carbocycles. The molecule has 0 radical (unpaired) electrons. The molecule has 6 heteroatoms. The number of hydrogen-bond acceptors (Lipinski definition) is 6. The fourth-order valence-corrected chi connectivity index (χ4v) is 6.39. The highest BCUT2D eigenvalue weighted by Gasteiger charge is 2.23. The molecule has 46 heavy (non-hydrogen) atoms. The summed E-state index contributed by atoms with van der Waals surface area (Å²) in [5.74, 6) is 0.855. The van der Waals surface area contributed by atoms with Gasteiger partial charge < -0.3 is 18.9 Å². The maximum absolute atomic E-state index is 11.6. The van der Waals surface area contributed by atoms with Crippen molar-refractivity contribution in [2.45, 2.75) is 53.8 Å². The quantitative estimate of drug-likeness (QED) is 0.119. The first-order valence-electron chi connectivity index (χ1n) is 15.6. The molecule has 0 amide bonds. The van der Waals surface area contributed by atoms with E-state index < -0.39 is 12.2 Å². The van der Waals surface area contributed by atoms with Gasteiger partial charge in [-0.05, 0) is 60.4 Å². The Bertz CT molecular complexity index is 1980. The van der Waals surface area contributed by atoms with E-state index in [9.17, 15) is 9.59 Å². The van der Waals surface area contributed by atoms with E-state index in [2.05, 4.69) is 86.6 Å². The average molecular weight is 615 g/mol. The van der Waals surface area contributed by atoms with E-state index in [0.717, 1.165) is 76.8 Å². The van der Waals surface area contributed by atoms with Gasteiger partial charge in [-0.2, -0.15) is 0 Å². The molecule has 6 rings (SSSR count). The molecule has 2 atom stereocenters. The summed E-state index contributed by atoms with van der Waals surface area (Å²) in [6, 6.07) is 29.5. The SMILES string of the molecule is CC(=O)OC(C)COc1c2ccccc2c(-c2c3ccccc3c(OCC(C)OC(C)=O)c3ccc(C)cc23)c2cc(C)ccc12. The lowest BCUT2D eigenvalue weighted by molar-refractivity contribution is -0.147. The molecular formula is C40H38O6. The normalized spacial score (nSPS) is 12.7. The lowest BCUT2D eigenvalue weighted by atomic mass is 9.84. The molecule has 0 aromatic heterocycles. The molecule has 0 spiro atoms. The number of carbonyl (C=O) groups excluding carboxylic acids is 2.